The molecule has 0 radical (unpaired) electrons. The fourth-order valence-corrected chi connectivity index (χ4v) is 7.14. The van der Waals surface area contributed by atoms with E-state index in [-0.39, 0.29) is 54.4 Å². The van der Waals surface area contributed by atoms with Gasteiger partial charge in [0, 0.05) is 34.2 Å². The first kappa shape index (κ1) is 47.1. The minimum absolute atomic E-state index is 0.0136. The Morgan fingerprint density at radius 2 is 1.73 bits per heavy atom. The molecule has 8 atom stereocenters. The first-order valence-corrected chi connectivity index (χ1v) is 19.5. The number of allylic oxidation sites excluding steroid dienone is 1. The maximum Gasteiger partial charge on any atom is 0.329 e. The van der Waals surface area contributed by atoms with E-state index in [0.29, 0.717) is 13.0 Å². The number of carbonyl (C=O) groups is 4. The zero-order valence-corrected chi connectivity index (χ0v) is 35.3. The summed E-state index contributed by atoms with van der Waals surface area (Å²) in [6.07, 6.45) is 4.60. The molecule has 55 heavy (non-hydrogen) atoms. The topological polar surface area (TPSA) is 151 Å². The SMILES string of the molecule is C=NC(=N[C@H](C(=O)N(C)[C@@H]([C@@H](C)CC)[C@@H](CC(=O)N1CCC[C@H]1[C@H](OC)[C@@H](C)C(=O)N[C@@H](Cc1ccccc1)C(=O)OC(C)(C)C)OC)C(C)C)N/C=C\C. The van der Waals surface area contributed by atoms with Crippen LogP contribution in [0.25, 0.3) is 0 Å². The number of benzene rings is 1. The number of methoxy groups -OCH3 is 2. The molecule has 0 unspecified atom stereocenters. The largest absolute Gasteiger partial charge is 0.458 e. The van der Waals surface area contributed by atoms with Gasteiger partial charge in [0.1, 0.15) is 17.7 Å². The van der Waals surface area contributed by atoms with Crippen LogP contribution in [0.5, 0.6) is 0 Å². The normalized spacial score (nSPS) is 18.9. The van der Waals surface area contributed by atoms with E-state index in [0.717, 1.165) is 18.4 Å². The second-order valence-electron chi connectivity index (χ2n) is 15.8. The summed E-state index contributed by atoms with van der Waals surface area (Å²) in [5, 5.41) is 5.89. The van der Waals surface area contributed by atoms with Crippen molar-refractivity contribution in [2.45, 2.75) is 136 Å². The average molecular weight is 769 g/mol. The Labute approximate surface area is 329 Å². The molecule has 3 amide bonds. The van der Waals surface area contributed by atoms with Crippen molar-refractivity contribution in [3.05, 3.63) is 48.2 Å². The van der Waals surface area contributed by atoms with Gasteiger partial charge in [-0.15, -0.1) is 0 Å². The molecular formula is C42H68N6O7. The van der Waals surface area contributed by atoms with E-state index >= 15 is 0 Å². The summed E-state index contributed by atoms with van der Waals surface area (Å²) in [4.78, 5) is 67.5. The molecule has 1 saturated heterocycles. The summed E-state index contributed by atoms with van der Waals surface area (Å²) >= 11 is 0. The van der Waals surface area contributed by atoms with Gasteiger partial charge in [0.2, 0.25) is 23.7 Å². The molecule has 0 spiro atoms. The van der Waals surface area contributed by atoms with Gasteiger partial charge in [-0.05, 0) is 70.9 Å². The number of nitrogens with zero attached hydrogens (tertiary/aromatic N) is 4. The Morgan fingerprint density at radius 3 is 2.25 bits per heavy atom. The monoisotopic (exact) mass is 769 g/mol. The van der Waals surface area contributed by atoms with E-state index in [4.69, 9.17) is 14.2 Å². The van der Waals surface area contributed by atoms with Crippen molar-refractivity contribution >= 4 is 36.4 Å². The van der Waals surface area contributed by atoms with Crippen molar-refractivity contribution < 1.29 is 33.4 Å². The van der Waals surface area contributed by atoms with Gasteiger partial charge in [-0.1, -0.05) is 77.4 Å². The molecule has 2 N–H and O–H groups in total. The fourth-order valence-electron chi connectivity index (χ4n) is 7.14. The zero-order valence-electron chi connectivity index (χ0n) is 35.3. The lowest BCUT2D eigenvalue weighted by Gasteiger charge is -2.40. The Kier molecular flexibility index (Phi) is 19.2. The second-order valence-corrected chi connectivity index (χ2v) is 15.8. The van der Waals surface area contributed by atoms with Crippen molar-refractivity contribution in [2.24, 2.45) is 27.7 Å². The van der Waals surface area contributed by atoms with E-state index in [2.05, 4.69) is 27.3 Å². The van der Waals surface area contributed by atoms with Crippen LogP contribution in [0.3, 0.4) is 0 Å². The van der Waals surface area contributed by atoms with Crippen LogP contribution in [0.4, 0.5) is 0 Å². The summed E-state index contributed by atoms with van der Waals surface area (Å²) in [7, 11) is 4.84. The summed E-state index contributed by atoms with van der Waals surface area (Å²) in [6, 6.07) is 6.96. The van der Waals surface area contributed by atoms with Gasteiger partial charge in [0.05, 0.1) is 36.6 Å². The van der Waals surface area contributed by atoms with Crippen LogP contribution < -0.4 is 10.6 Å². The molecule has 13 heteroatoms. The predicted molar refractivity (Wildman–Crippen MR) is 218 cm³/mol. The molecular weight excluding hydrogens is 700 g/mol. The number of nitrogens with one attached hydrogen (secondary N) is 2. The maximum absolute atomic E-state index is 14.2. The number of hydrogen-bond acceptors (Lipinski definition) is 8. The van der Waals surface area contributed by atoms with Crippen LogP contribution in [-0.4, -0.2) is 116 Å². The van der Waals surface area contributed by atoms with E-state index in [1.165, 1.54) is 7.11 Å². The van der Waals surface area contributed by atoms with Crippen molar-refractivity contribution in [3.8, 4) is 0 Å². The number of likely N-dealkylation sites (N-methyl/N-ethyl adjacent to an activating group) is 1. The minimum atomic E-state index is -0.917. The summed E-state index contributed by atoms with van der Waals surface area (Å²) in [5.74, 6) is -1.89. The van der Waals surface area contributed by atoms with E-state index in [1.807, 2.05) is 65.0 Å². The molecule has 0 aromatic heterocycles. The van der Waals surface area contributed by atoms with Gasteiger partial charge in [-0.3, -0.25) is 14.4 Å². The Hall–Kier alpha value is -4.10. The van der Waals surface area contributed by atoms with Gasteiger partial charge in [0.25, 0.3) is 0 Å². The van der Waals surface area contributed by atoms with Gasteiger partial charge in [-0.25, -0.2) is 14.8 Å². The third-order valence-corrected chi connectivity index (χ3v) is 10.2. The number of amides is 3. The van der Waals surface area contributed by atoms with Crippen molar-refractivity contribution in [3.63, 3.8) is 0 Å². The number of guanidine groups is 1. The first-order valence-electron chi connectivity index (χ1n) is 19.5. The summed E-state index contributed by atoms with van der Waals surface area (Å²) in [6.45, 7) is 21.0. The molecule has 1 heterocycles. The predicted octanol–water partition coefficient (Wildman–Crippen LogP) is 5.18. The molecule has 13 nitrogen and oxygen atoms in total. The van der Waals surface area contributed by atoms with Crippen LogP contribution in [-0.2, 0) is 39.8 Å². The molecule has 1 aliphatic heterocycles. The molecule has 1 aliphatic rings. The molecule has 0 saturated carbocycles. The number of esters is 1. The second kappa shape index (κ2) is 22.5. The molecule has 308 valence electrons. The fraction of sp³-hybridized carbons (Fsp3) is 0.667. The number of carbonyl (C=O) groups excluding carboxylic acids is 4. The Bertz CT molecular complexity index is 1460. The third-order valence-electron chi connectivity index (χ3n) is 10.2. The first-order chi connectivity index (χ1) is 25.9. The summed E-state index contributed by atoms with van der Waals surface area (Å²) < 4.78 is 17.7. The lowest BCUT2D eigenvalue weighted by atomic mass is 9.89. The Morgan fingerprint density at radius 1 is 1.07 bits per heavy atom. The number of aliphatic imine (C=N–C) groups is 2. The van der Waals surface area contributed by atoms with Crippen LogP contribution >= 0.6 is 0 Å². The third kappa shape index (κ3) is 13.9. The van der Waals surface area contributed by atoms with Crippen LogP contribution in [0.2, 0.25) is 0 Å². The van der Waals surface area contributed by atoms with Crippen LogP contribution in [0.15, 0.2) is 52.6 Å². The van der Waals surface area contributed by atoms with E-state index in [1.54, 1.807) is 63.9 Å². The molecule has 1 aromatic carbocycles. The van der Waals surface area contributed by atoms with E-state index < -0.39 is 47.8 Å². The van der Waals surface area contributed by atoms with Crippen molar-refractivity contribution in [2.75, 3.05) is 27.8 Å². The standard InChI is InChI=1S/C42H68N6O7/c1-14-23-44-41(43-10)46-35(27(3)4)39(51)47(11)36(28(5)15-2)33(53-12)26-34(49)48-24-19-22-32(48)37(54-13)29(6)38(50)45-31(40(52)55-42(7,8)9)25-30-20-17-16-18-21-30/h14,16-18,20-21,23,27-29,31-33,35-37H,10,15,19,22,24-26H2,1-9,11-13H3,(H,44,46)(H,45,50)/b23-14-/t28-,29+,31-,32-,33+,35-,36-,37+/m0/s1. The van der Waals surface area contributed by atoms with Crippen molar-refractivity contribution in [1.82, 2.24) is 20.4 Å². The highest BCUT2D eigenvalue weighted by molar-refractivity contribution is 5.90. The lowest BCUT2D eigenvalue weighted by molar-refractivity contribution is -0.159. The molecule has 1 fully saturated rings. The molecule has 0 bridgehead atoms. The molecule has 1 aromatic rings. The summed E-state index contributed by atoms with van der Waals surface area (Å²) in [5.41, 5.74) is 0.142. The molecule has 2 rings (SSSR count). The highest BCUT2D eigenvalue weighted by Gasteiger charge is 2.43. The van der Waals surface area contributed by atoms with Gasteiger partial charge in [-0.2, -0.15) is 0 Å². The van der Waals surface area contributed by atoms with Gasteiger partial charge < -0.3 is 34.6 Å². The Balaban J connectivity index is 2.32. The highest BCUT2D eigenvalue weighted by Crippen LogP contribution is 2.30. The average Bonchev–Trinajstić information content (AvgIpc) is 3.63. The highest BCUT2D eigenvalue weighted by atomic mass is 16.6. The molecule has 0 aliphatic carbocycles. The minimum Gasteiger partial charge on any atom is -0.458 e. The van der Waals surface area contributed by atoms with Gasteiger partial charge in [0.15, 0.2) is 0 Å². The maximum atomic E-state index is 14.2. The van der Waals surface area contributed by atoms with Crippen LogP contribution in [0.1, 0.15) is 93.6 Å². The van der Waals surface area contributed by atoms with Gasteiger partial charge >= 0.3 is 5.97 Å². The van der Waals surface area contributed by atoms with Crippen molar-refractivity contribution in [1.29, 1.82) is 0 Å². The van der Waals surface area contributed by atoms with E-state index in [9.17, 15) is 19.2 Å². The lowest BCUT2D eigenvalue weighted by Crippen LogP contribution is -2.55. The zero-order chi connectivity index (χ0) is 41.5. The van der Waals surface area contributed by atoms with Crippen LogP contribution in [0, 0.1) is 17.8 Å². The quantitative estimate of drug-likeness (QED) is 0.111. The number of rotatable bonds is 19. The number of ether oxygens (including phenoxy) is 3. The number of hydrogen-bond donors (Lipinski definition) is 2. The smallest absolute Gasteiger partial charge is 0.329 e. The number of likely N-dealkylation sites (tertiary alicyclic amines) is 1.